The number of nitrogens with one attached hydrogen (secondary N) is 2. The number of hydrogen-bond donors (Lipinski definition) is 3. The van der Waals surface area contributed by atoms with Gasteiger partial charge >= 0.3 is 6.09 Å². The standard InChI is InChI=1S/C51H57N5O8S/c1-9-18-61-46-28(3)47-48(63-26-62-47)42-34(46)21-38-43-41-29(19-27(2)45(60-8)44(41)57)20-37(55(43)7)39(22-52)56(38)40(42)23-53-49(58)36(54-50(59)64-51(4,5)6)25-65-24-35-32-16-12-10-14-30(32)31-15-11-13-17-33(31)35/h9-17,19,35-40,43,57H,1,18,20-21,23-26H2,2-8H3,(H,53,58)(H,54,59)/t36-,37-,38?,39+,40+,43-/m1/s1. The predicted molar refractivity (Wildman–Crippen MR) is 249 cm³/mol. The molecule has 13 nitrogen and oxygen atoms in total. The number of phenolic OH excluding ortho intramolecular Hbond substituents is 1. The number of carbonyl (C=O) groups excluding carboxylic acids is 2. The summed E-state index contributed by atoms with van der Waals surface area (Å²) >= 11 is 1.60. The van der Waals surface area contributed by atoms with Crippen LogP contribution in [-0.2, 0) is 22.4 Å². The number of aromatic hydroxyl groups is 1. The zero-order valence-corrected chi connectivity index (χ0v) is 38.8. The molecule has 14 heteroatoms. The molecule has 1 aliphatic carbocycles. The molecule has 0 saturated carbocycles. The molecule has 5 aliphatic rings. The number of nitriles is 1. The van der Waals surface area contributed by atoms with E-state index in [-0.39, 0.29) is 55.5 Å². The zero-order valence-electron chi connectivity index (χ0n) is 38.0. The maximum atomic E-state index is 14.8. The Kier molecular flexibility index (Phi) is 11.9. The third kappa shape index (κ3) is 7.71. The summed E-state index contributed by atoms with van der Waals surface area (Å²) in [6, 6.07) is 18.4. The van der Waals surface area contributed by atoms with Crippen molar-refractivity contribution in [2.45, 2.75) is 95.2 Å². The van der Waals surface area contributed by atoms with Gasteiger partial charge in [-0.3, -0.25) is 14.6 Å². The molecule has 4 aromatic carbocycles. The summed E-state index contributed by atoms with van der Waals surface area (Å²) in [5, 5.41) is 29.3. The summed E-state index contributed by atoms with van der Waals surface area (Å²) in [5.74, 6) is 2.94. The number of nitrogens with zero attached hydrogens (tertiary/aromatic N) is 3. The van der Waals surface area contributed by atoms with Crippen LogP contribution in [-0.4, -0.2) is 102 Å². The Morgan fingerprint density at radius 1 is 1.03 bits per heavy atom. The Balaban J connectivity index is 1.08. The van der Waals surface area contributed by atoms with Crippen molar-refractivity contribution in [3.63, 3.8) is 0 Å². The first-order valence-corrected chi connectivity index (χ1v) is 23.4. The van der Waals surface area contributed by atoms with Gasteiger partial charge in [-0.2, -0.15) is 17.0 Å². The van der Waals surface area contributed by atoms with Gasteiger partial charge in [0.15, 0.2) is 23.0 Å². The maximum absolute atomic E-state index is 14.8. The van der Waals surface area contributed by atoms with Gasteiger partial charge in [0.05, 0.1) is 25.3 Å². The highest BCUT2D eigenvalue weighted by Gasteiger charge is 2.57. The SMILES string of the molecule is C=CCOc1c(C)c2c(c3c1CC1[C@@H]4c5c(cc(C)c(OC)c5O)C[C@H]([C@H](C#N)N1[C@H]3CNC(=O)[C@@H](CSCC1c3ccccc3-c3ccccc31)NC(=O)OC(C)(C)C)N4C)OCO2. The molecule has 1 fully saturated rings. The van der Waals surface area contributed by atoms with Crippen LogP contribution in [0.1, 0.15) is 83.3 Å². The molecule has 65 heavy (non-hydrogen) atoms. The third-order valence-corrected chi connectivity index (χ3v) is 14.8. The van der Waals surface area contributed by atoms with Crippen LogP contribution in [0.3, 0.4) is 0 Å². The van der Waals surface area contributed by atoms with Gasteiger partial charge < -0.3 is 39.4 Å². The van der Waals surface area contributed by atoms with Crippen LogP contribution in [0, 0.1) is 25.2 Å². The summed E-state index contributed by atoms with van der Waals surface area (Å²) in [5.41, 5.74) is 9.12. The van der Waals surface area contributed by atoms with E-state index in [1.165, 1.54) is 22.3 Å². The lowest BCUT2D eigenvalue weighted by Gasteiger charge is -2.60. The number of ether oxygens (including phenoxy) is 5. The van der Waals surface area contributed by atoms with Gasteiger partial charge in [-0.1, -0.05) is 67.3 Å². The van der Waals surface area contributed by atoms with E-state index in [4.69, 9.17) is 23.7 Å². The Morgan fingerprint density at radius 2 is 1.72 bits per heavy atom. The summed E-state index contributed by atoms with van der Waals surface area (Å²) in [7, 11) is 3.58. The number of carbonyl (C=O) groups is 2. The van der Waals surface area contributed by atoms with Crippen LogP contribution in [0.5, 0.6) is 28.7 Å². The fraction of sp³-hybridized carbons (Fsp3) is 0.431. The lowest BCUT2D eigenvalue weighted by Crippen LogP contribution is -2.69. The van der Waals surface area contributed by atoms with Crippen LogP contribution in [0.15, 0.2) is 67.3 Å². The van der Waals surface area contributed by atoms with Gasteiger partial charge in [0.1, 0.15) is 30.0 Å². The number of amides is 2. The molecule has 1 saturated heterocycles. The summed E-state index contributed by atoms with van der Waals surface area (Å²) < 4.78 is 30.3. The number of phenols is 1. The van der Waals surface area contributed by atoms with Gasteiger partial charge in [-0.05, 0) is 87.9 Å². The van der Waals surface area contributed by atoms with E-state index in [9.17, 15) is 20.0 Å². The fourth-order valence-electron chi connectivity index (χ4n) is 11.1. The van der Waals surface area contributed by atoms with Gasteiger partial charge in [0, 0.05) is 58.3 Å². The first kappa shape index (κ1) is 44.3. The molecule has 4 heterocycles. The lowest BCUT2D eigenvalue weighted by molar-refractivity contribution is -0.123. The van der Waals surface area contributed by atoms with E-state index in [0.717, 1.165) is 33.4 Å². The van der Waals surface area contributed by atoms with Crippen LogP contribution >= 0.6 is 11.8 Å². The normalized spacial score (nSPS) is 22.0. The highest BCUT2D eigenvalue weighted by Crippen LogP contribution is 2.58. The van der Waals surface area contributed by atoms with Crippen LogP contribution in [0.4, 0.5) is 4.79 Å². The topological polar surface area (TPSA) is 155 Å². The summed E-state index contributed by atoms with van der Waals surface area (Å²) in [6.45, 7) is 13.4. The molecule has 0 spiro atoms. The molecule has 9 rings (SSSR count). The van der Waals surface area contributed by atoms with E-state index in [1.54, 1.807) is 45.7 Å². The number of rotatable bonds is 12. The number of aryl methyl sites for hydroxylation is 1. The molecular weight excluding hydrogens is 843 g/mol. The smallest absolute Gasteiger partial charge is 0.408 e. The first-order valence-electron chi connectivity index (χ1n) is 22.3. The first-order chi connectivity index (χ1) is 31.3. The number of hydrogen-bond acceptors (Lipinski definition) is 12. The van der Waals surface area contributed by atoms with E-state index in [1.807, 2.05) is 20.9 Å². The van der Waals surface area contributed by atoms with E-state index < -0.39 is 35.7 Å². The number of methoxy groups -OCH3 is 1. The fourth-order valence-corrected chi connectivity index (χ4v) is 12.3. The van der Waals surface area contributed by atoms with Crippen molar-refractivity contribution < 1.29 is 38.4 Å². The molecule has 3 N–H and O–H groups in total. The van der Waals surface area contributed by atoms with Crippen molar-refractivity contribution in [3.05, 3.63) is 112 Å². The van der Waals surface area contributed by atoms with Crippen molar-refractivity contribution in [3.8, 4) is 45.9 Å². The molecule has 2 amide bonds. The molecule has 6 atom stereocenters. The quantitative estimate of drug-likeness (QED) is 0.120. The molecule has 0 aromatic heterocycles. The summed E-state index contributed by atoms with van der Waals surface area (Å²) in [4.78, 5) is 32.6. The average Bonchev–Trinajstić information content (AvgIpc) is 3.89. The Hall–Kier alpha value is -5.88. The third-order valence-electron chi connectivity index (χ3n) is 13.6. The van der Waals surface area contributed by atoms with Crippen molar-refractivity contribution in [1.29, 1.82) is 5.26 Å². The minimum Gasteiger partial charge on any atom is -0.504 e. The lowest BCUT2D eigenvalue weighted by atomic mass is 9.71. The van der Waals surface area contributed by atoms with Gasteiger partial charge in [0.2, 0.25) is 12.7 Å². The molecule has 4 aromatic rings. The molecule has 1 unspecified atom stereocenters. The molecular formula is C51H57N5O8S. The van der Waals surface area contributed by atoms with E-state index >= 15 is 0 Å². The van der Waals surface area contributed by atoms with Gasteiger partial charge in [0.25, 0.3) is 0 Å². The molecule has 2 bridgehead atoms. The minimum atomic E-state index is -0.964. The number of thioether (sulfide) groups is 1. The average molecular weight is 900 g/mol. The number of benzene rings is 4. The Morgan fingerprint density at radius 3 is 2.38 bits per heavy atom. The van der Waals surface area contributed by atoms with E-state index in [0.29, 0.717) is 41.6 Å². The van der Waals surface area contributed by atoms with E-state index in [2.05, 4.69) is 87.7 Å². The molecule has 0 radical (unpaired) electrons. The minimum absolute atomic E-state index is 0.00113. The van der Waals surface area contributed by atoms with Crippen molar-refractivity contribution >= 4 is 23.8 Å². The number of alkyl carbamates (subject to hydrolysis) is 1. The van der Waals surface area contributed by atoms with Crippen molar-refractivity contribution in [1.82, 2.24) is 20.4 Å². The second-order valence-electron chi connectivity index (χ2n) is 18.6. The molecule has 4 aliphatic heterocycles. The summed E-state index contributed by atoms with van der Waals surface area (Å²) in [6.07, 6.45) is 1.95. The largest absolute Gasteiger partial charge is 0.504 e. The number of likely N-dealkylation sites (N-methyl/N-ethyl adjacent to an activating group) is 1. The van der Waals surface area contributed by atoms with Crippen LogP contribution in [0.2, 0.25) is 0 Å². The second-order valence-corrected chi connectivity index (χ2v) is 19.6. The van der Waals surface area contributed by atoms with Crippen molar-refractivity contribution in [2.24, 2.45) is 0 Å². The van der Waals surface area contributed by atoms with Crippen LogP contribution in [0.25, 0.3) is 11.1 Å². The van der Waals surface area contributed by atoms with Crippen molar-refractivity contribution in [2.75, 3.05) is 45.6 Å². The van der Waals surface area contributed by atoms with Gasteiger partial charge in [-0.25, -0.2) is 4.79 Å². The highest BCUT2D eigenvalue weighted by atomic mass is 32.2. The monoisotopic (exact) mass is 899 g/mol. The van der Waals surface area contributed by atoms with Gasteiger partial charge in [-0.15, -0.1) is 0 Å². The Bertz CT molecular complexity index is 2560. The number of fused-ring (bicyclic) bond motifs is 12. The maximum Gasteiger partial charge on any atom is 0.408 e. The molecule has 340 valence electrons. The van der Waals surface area contributed by atoms with Crippen LogP contribution < -0.4 is 29.6 Å². The number of piperazine rings is 1. The zero-order chi connectivity index (χ0) is 45.9. The highest BCUT2D eigenvalue weighted by molar-refractivity contribution is 7.99. The second kappa shape index (κ2) is 17.5. The predicted octanol–water partition coefficient (Wildman–Crippen LogP) is 7.64. The Labute approximate surface area is 385 Å².